The first-order valence-electron chi connectivity index (χ1n) is 3.60. The van der Waals surface area contributed by atoms with Crippen LogP contribution in [0.3, 0.4) is 0 Å². The van der Waals surface area contributed by atoms with Crippen molar-refractivity contribution in [3.63, 3.8) is 0 Å². The zero-order valence-electron chi connectivity index (χ0n) is 6.31. The van der Waals surface area contributed by atoms with Gasteiger partial charge in [0.2, 0.25) is 0 Å². The molecule has 1 aromatic carbocycles. The van der Waals surface area contributed by atoms with E-state index in [2.05, 4.69) is 12.6 Å². The summed E-state index contributed by atoms with van der Waals surface area (Å²) < 4.78 is 12.5. The van der Waals surface area contributed by atoms with Crippen LogP contribution in [-0.2, 0) is 6.42 Å². The molecule has 0 aromatic heterocycles. The quantitative estimate of drug-likeness (QED) is 0.580. The lowest BCUT2D eigenvalue weighted by molar-refractivity contribution is 0.625. The lowest BCUT2D eigenvalue weighted by Gasteiger charge is -1.95. The Balaban J connectivity index is 2.63. The summed E-state index contributed by atoms with van der Waals surface area (Å²) in [7, 11) is 0. The van der Waals surface area contributed by atoms with Crippen molar-refractivity contribution < 1.29 is 4.39 Å². The van der Waals surface area contributed by atoms with E-state index in [1.165, 1.54) is 12.1 Å². The maximum absolute atomic E-state index is 12.5. The highest BCUT2D eigenvalue weighted by molar-refractivity contribution is 5.15. The van der Waals surface area contributed by atoms with Crippen LogP contribution in [0.5, 0.6) is 0 Å². The van der Waals surface area contributed by atoms with Crippen LogP contribution in [0.2, 0.25) is 0 Å². The third-order valence-electron chi connectivity index (χ3n) is 1.44. The van der Waals surface area contributed by atoms with Gasteiger partial charge in [0.25, 0.3) is 0 Å². The number of halogens is 1. The van der Waals surface area contributed by atoms with Gasteiger partial charge in [-0.05, 0) is 36.6 Å². The van der Waals surface area contributed by atoms with Gasteiger partial charge < -0.3 is 0 Å². The van der Waals surface area contributed by atoms with E-state index in [0.29, 0.717) is 0 Å². The van der Waals surface area contributed by atoms with Crippen LogP contribution in [0.25, 0.3) is 0 Å². The number of rotatable bonds is 3. The Hall–Kier alpha value is -1.11. The maximum Gasteiger partial charge on any atom is 0.123 e. The van der Waals surface area contributed by atoms with Gasteiger partial charge in [-0.3, -0.25) is 0 Å². The second kappa shape index (κ2) is 3.91. The zero-order chi connectivity index (χ0) is 8.10. The third kappa shape index (κ3) is 2.54. The smallest absolute Gasteiger partial charge is 0.123 e. The molecule has 11 heavy (non-hydrogen) atoms. The summed E-state index contributed by atoms with van der Waals surface area (Å²) in [4.78, 5) is 0. The highest BCUT2D eigenvalue weighted by Gasteiger charge is 1.92. The van der Waals surface area contributed by atoms with Crippen molar-refractivity contribution in [1.82, 2.24) is 0 Å². The highest BCUT2D eigenvalue weighted by atomic mass is 19.1. The van der Waals surface area contributed by atoms with Crippen LogP contribution in [0.15, 0.2) is 30.9 Å². The molecule has 0 atom stereocenters. The molecule has 0 N–H and O–H groups in total. The normalized spacial score (nSPS) is 9.55. The van der Waals surface area contributed by atoms with Gasteiger partial charge in [0.05, 0.1) is 0 Å². The summed E-state index contributed by atoms with van der Waals surface area (Å²) in [5.74, 6) is -0.192. The molecule has 0 nitrogen and oxygen atoms in total. The molecule has 0 spiro atoms. The summed E-state index contributed by atoms with van der Waals surface area (Å²) in [5, 5.41) is 0. The molecule has 1 heteroatoms. The van der Waals surface area contributed by atoms with Crippen molar-refractivity contribution in [1.29, 1.82) is 0 Å². The molecule has 0 aliphatic heterocycles. The van der Waals surface area contributed by atoms with Crippen molar-refractivity contribution in [3.05, 3.63) is 48.3 Å². The first-order valence-corrected chi connectivity index (χ1v) is 3.60. The Kier molecular flexibility index (Phi) is 2.84. The Morgan fingerprint density at radius 1 is 1.64 bits per heavy atom. The van der Waals surface area contributed by atoms with E-state index >= 15 is 0 Å². The summed E-state index contributed by atoms with van der Waals surface area (Å²) in [6, 6.07) is 7.46. The largest absolute Gasteiger partial charge is 0.207 e. The van der Waals surface area contributed by atoms with Gasteiger partial charge >= 0.3 is 0 Å². The Morgan fingerprint density at radius 3 is 3.09 bits per heavy atom. The van der Waals surface area contributed by atoms with Crippen LogP contribution in [0.4, 0.5) is 4.39 Å². The van der Waals surface area contributed by atoms with Crippen LogP contribution in [0, 0.1) is 11.9 Å². The average molecular weight is 149 g/mol. The molecule has 1 radical (unpaired) electrons. The molecule has 0 heterocycles. The van der Waals surface area contributed by atoms with Gasteiger partial charge in [-0.1, -0.05) is 12.1 Å². The molecule has 0 fully saturated rings. The van der Waals surface area contributed by atoms with Crippen molar-refractivity contribution in [3.8, 4) is 0 Å². The fourth-order valence-electron chi connectivity index (χ4n) is 0.886. The topological polar surface area (TPSA) is 0 Å². The minimum absolute atomic E-state index is 0.192. The number of hydrogen-bond acceptors (Lipinski definition) is 0. The van der Waals surface area contributed by atoms with E-state index < -0.39 is 0 Å². The Bertz CT molecular complexity index is 240. The fourth-order valence-corrected chi connectivity index (χ4v) is 0.886. The number of aryl methyl sites for hydroxylation is 1. The van der Waals surface area contributed by atoms with Crippen molar-refractivity contribution in [2.75, 3.05) is 0 Å². The van der Waals surface area contributed by atoms with Gasteiger partial charge in [-0.2, -0.15) is 0 Å². The molecule has 0 saturated heterocycles. The third-order valence-corrected chi connectivity index (χ3v) is 1.44. The van der Waals surface area contributed by atoms with Gasteiger partial charge in [-0.15, -0.1) is 6.58 Å². The molecule has 1 aromatic rings. The van der Waals surface area contributed by atoms with Gasteiger partial charge in [0.15, 0.2) is 0 Å². The predicted molar refractivity (Wildman–Crippen MR) is 43.8 cm³/mol. The maximum atomic E-state index is 12.5. The van der Waals surface area contributed by atoms with Crippen LogP contribution in [0.1, 0.15) is 12.0 Å². The number of allylic oxidation sites excluding steroid dienone is 1. The molecule has 0 aliphatic carbocycles. The van der Waals surface area contributed by atoms with Gasteiger partial charge in [-0.25, -0.2) is 4.39 Å². The first kappa shape index (κ1) is 7.99. The fraction of sp³-hybridized carbons (Fsp3) is 0.200. The molecule has 0 bridgehead atoms. The van der Waals surface area contributed by atoms with E-state index in [9.17, 15) is 4.39 Å². The second-order valence-corrected chi connectivity index (χ2v) is 2.36. The number of hydrogen-bond donors (Lipinski definition) is 0. The van der Waals surface area contributed by atoms with E-state index in [1.807, 2.05) is 6.08 Å². The van der Waals surface area contributed by atoms with E-state index in [1.54, 1.807) is 6.07 Å². The summed E-state index contributed by atoms with van der Waals surface area (Å²) in [5.41, 5.74) is 0.907. The first-order chi connectivity index (χ1) is 5.33. The van der Waals surface area contributed by atoms with Crippen LogP contribution in [-0.4, -0.2) is 0 Å². The summed E-state index contributed by atoms with van der Waals surface area (Å²) in [6.45, 7) is 3.59. The molecule has 0 amide bonds. The average Bonchev–Trinajstić information content (AvgIpc) is 2.01. The monoisotopic (exact) mass is 149 g/mol. The SMILES string of the molecule is C=CCCc1[c]ccc(F)c1. The van der Waals surface area contributed by atoms with Crippen LogP contribution < -0.4 is 0 Å². The van der Waals surface area contributed by atoms with Crippen molar-refractivity contribution >= 4 is 0 Å². The second-order valence-electron chi connectivity index (χ2n) is 2.36. The van der Waals surface area contributed by atoms with E-state index in [0.717, 1.165) is 18.4 Å². The van der Waals surface area contributed by atoms with Crippen LogP contribution >= 0.6 is 0 Å². The standard InChI is InChI=1S/C10H10F/c1-2-3-5-9-6-4-7-10(11)8-9/h2,4,7-8H,1,3,5H2. The Morgan fingerprint density at radius 2 is 2.45 bits per heavy atom. The molecule has 0 aliphatic rings. The molecular weight excluding hydrogens is 139 g/mol. The summed E-state index contributed by atoms with van der Waals surface area (Å²) in [6.07, 6.45) is 3.51. The number of benzene rings is 1. The Labute approximate surface area is 66.4 Å². The zero-order valence-corrected chi connectivity index (χ0v) is 6.31. The lowest BCUT2D eigenvalue weighted by Crippen LogP contribution is -1.84. The van der Waals surface area contributed by atoms with Crippen molar-refractivity contribution in [2.24, 2.45) is 0 Å². The van der Waals surface area contributed by atoms with E-state index in [4.69, 9.17) is 0 Å². The van der Waals surface area contributed by atoms with E-state index in [-0.39, 0.29) is 5.82 Å². The summed E-state index contributed by atoms with van der Waals surface area (Å²) >= 11 is 0. The molecule has 0 saturated carbocycles. The minimum atomic E-state index is -0.192. The lowest BCUT2D eigenvalue weighted by atomic mass is 10.1. The van der Waals surface area contributed by atoms with Crippen molar-refractivity contribution in [2.45, 2.75) is 12.8 Å². The molecule has 0 unspecified atom stereocenters. The molecular formula is C10H10F. The highest BCUT2D eigenvalue weighted by Crippen LogP contribution is 2.05. The van der Waals surface area contributed by atoms with Gasteiger partial charge in [0, 0.05) is 0 Å². The minimum Gasteiger partial charge on any atom is -0.207 e. The van der Waals surface area contributed by atoms with Gasteiger partial charge in [0.1, 0.15) is 5.82 Å². The molecule has 1 rings (SSSR count). The predicted octanol–water partition coefficient (Wildman–Crippen LogP) is 2.74. The molecule has 57 valence electrons.